The van der Waals surface area contributed by atoms with Gasteiger partial charge in [-0.2, -0.15) is 0 Å². The van der Waals surface area contributed by atoms with Crippen LogP contribution in [0.2, 0.25) is 0 Å². The molecule has 118 valence electrons. The summed E-state index contributed by atoms with van der Waals surface area (Å²) in [7, 11) is 0. The van der Waals surface area contributed by atoms with E-state index in [2.05, 4.69) is 10.6 Å². The second kappa shape index (κ2) is 6.69. The number of anilines is 2. The SMILES string of the molecule is CC(=O)Nc1ccccc1C(=O)Nc1cccc([N+](=O)[O-])c1C. The molecule has 0 unspecified atom stereocenters. The molecular weight excluding hydrogens is 298 g/mol. The van der Waals surface area contributed by atoms with Gasteiger partial charge in [0.25, 0.3) is 11.6 Å². The lowest BCUT2D eigenvalue weighted by molar-refractivity contribution is -0.385. The number of nitro groups is 1. The molecule has 0 aliphatic heterocycles. The van der Waals surface area contributed by atoms with E-state index in [1.807, 2.05) is 0 Å². The summed E-state index contributed by atoms with van der Waals surface area (Å²) in [5, 5.41) is 16.2. The fraction of sp³-hybridized carbons (Fsp3) is 0.125. The lowest BCUT2D eigenvalue weighted by Gasteiger charge is -2.12. The second-order valence-electron chi connectivity index (χ2n) is 4.89. The predicted molar refractivity (Wildman–Crippen MR) is 86.5 cm³/mol. The molecule has 0 spiro atoms. The van der Waals surface area contributed by atoms with E-state index in [0.717, 1.165) is 0 Å². The third kappa shape index (κ3) is 3.70. The van der Waals surface area contributed by atoms with Gasteiger partial charge in [0.05, 0.1) is 27.4 Å². The van der Waals surface area contributed by atoms with Gasteiger partial charge >= 0.3 is 0 Å². The molecule has 0 aliphatic rings. The van der Waals surface area contributed by atoms with Crippen molar-refractivity contribution in [3.05, 3.63) is 63.7 Å². The van der Waals surface area contributed by atoms with Crippen LogP contribution >= 0.6 is 0 Å². The Labute approximate surface area is 132 Å². The van der Waals surface area contributed by atoms with Crippen LogP contribution < -0.4 is 10.6 Å². The minimum atomic E-state index is -0.504. The number of nitro benzene ring substituents is 1. The maximum Gasteiger partial charge on any atom is 0.274 e. The lowest BCUT2D eigenvalue weighted by Crippen LogP contribution is -2.17. The van der Waals surface area contributed by atoms with Crippen molar-refractivity contribution in [3.8, 4) is 0 Å². The van der Waals surface area contributed by atoms with Gasteiger partial charge in [-0.3, -0.25) is 19.7 Å². The van der Waals surface area contributed by atoms with Crippen molar-refractivity contribution in [2.75, 3.05) is 10.6 Å². The minimum Gasteiger partial charge on any atom is -0.326 e. The van der Waals surface area contributed by atoms with E-state index in [-0.39, 0.29) is 17.2 Å². The van der Waals surface area contributed by atoms with E-state index in [0.29, 0.717) is 16.9 Å². The second-order valence-corrected chi connectivity index (χ2v) is 4.89. The van der Waals surface area contributed by atoms with Gasteiger partial charge in [-0.15, -0.1) is 0 Å². The Bertz CT molecular complexity index is 787. The highest BCUT2D eigenvalue weighted by molar-refractivity contribution is 6.10. The van der Waals surface area contributed by atoms with Crippen molar-refractivity contribution < 1.29 is 14.5 Å². The number of nitrogens with one attached hydrogen (secondary N) is 2. The molecule has 7 heteroatoms. The maximum atomic E-state index is 12.4. The number of hydrogen-bond donors (Lipinski definition) is 2. The predicted octanol–water partition coefficient (Wildman–Crippen LogP) is 3.11. The van der Waals surface area contributed by atoms with Gasteiger partial charge in [-0.25, -0.2) is 0 Å². The van der Waals surface area contributed by atoms with E-state index >= 15 is 0 Å². The monoisotopic (exact) mass is 313 g/mol. The summed E-state index contributed by atoms with van der Waals surface area (Å²) in [4.78, 5) is 34.1. The van der Waals surface area contributed by atoms with E-state index < -0.39 is 10.8 Å². The lowest BCUT2D eigenvalue weighted by atomic mass is 10.1. The Morgan fingerprint density at radius 2 is 1.65 bits per heavy atom. The Kier molecular flexibility index (Phi) is 4.70. The van der Waals surface area contributed by atoms with Gasteiger partial charge in [0, 0.05) is 13.0 Å². The number of carbonyl (C=O) groups is 2. The van der Waals surface area contributed by atoms with Crippen LogP contribution in [0.25, 0.3) is 0 Å². The molecule has 0 heterocycles. The first kappa shape index (κ1) is 16.2. The van der Waals surface area contributed by atoms with Gasteiger partial charge in [0.2, 0.25) is 5.91 Å². The number of rotatable bonds is 4. The van der Waals surface area contributed by atoms with Crippen molar-refractivity contribution in [3.63, 3.8) is 0 Å². The summed E-state index contributed by atoms with van der Waals surface area (Å²) >= 11 is 0. The van der Waals surface area contributed by atoms with Crippen molar-refractivity contribution in [2.45, 2.75) is 13.8 Å². The largest absolute Gasteiger partial charge is 0.326 e. The van der Waals surface area contributed by atoms with Crippen molar-refractivity contribution in [2.24, 2.45) is 0 Å². The summed E-state index contributed by atoms with van der Waals surface area (Å²) in [5.74, 6) is -0.755. The van der Waals surface area contributed by atoms with Gasteiger partial charge in [-0.05, 0) is 25.1 Å². The van der Waals surface area contributed by atoms with E-state index in [9.17, 15) is 19.7 Å². The van der Waals surface area contributed by atoms with Gasteiger partial charge in [0.1, 0.15) is 0 Å². The number of nitrogens with zero attached hydrogens (tertiary/aromatic N) is 1. The standard InChI is InChI=1S/C16H15N3O4/c1-10-13(8-5-9-15(10)19(22)23)18-16(21)12-6-3-4-7-14(12)17-11(2)20/h3-9H,1-2H3,(H,17,20)(H,18,21). The molecule has 0 saturated carbocycles. The molecule has 23 heavy (non-hydrogen) atoms. The molecule has 0 radical (unpaired) electrons. The van der Waals surface area contributed by atoms with Crippen LogP contribution in [0.4, 0.5) is 17.1 Å². The van der Waals surface area contributed by atoms with E-state index in [1.165, 1.54) is 19.1 Å². The minimum absolute atomic E-state index is 0.0713. The first-order chi connectivity index (χ1) is 10.9. The molecule has 2 N–H and O–H groups in total. The first-order valence-corrected chi connectivity index (χ1v) is 6.82. The zero-order valence-corrected chi connectivity index (χ0v) is 12.6. The van der Waals surface area contributed by atoms with Crippen LogP contribution in [0, 0.1) is 17.0 Å². The number of carbonyl (C=O) groups excluding carboxylic acids is 2. The zero-order valence-electron chi connectivity index (χ0n) is 12.6. The van der Waals surface area contributed by atoms with Gasteiger partial charge in [-0.1, -0.05) is 18.2 Å². The Morgan fingerprint density at radius 1 is 1.00 bits per heavy atom. The highest BCUT2D eigenvalue weighted by Gasteiger charge is 2.17. The normalized spacial score (nSPS) is 10.0. The Balaban J connectivity index is 2.32. The van der Waals surface area contributed by atoms with Crippen LogP contribution in [0.5, 0.6) is 0 Å². The van der Waals surface area contributed by atoms with Crippen LogP contribution in [0.1, 0.15) is 22.8 Å². The van der Waals surface area contributed by atoms with E-state index in [1.54, 1.807) is 37.3 Å². The molecule has 0 bridgehead atoms. The molecule has 0 aromatic heterocycles. The quantitative estimate of drug-likeness (QED) is 0.668. The fourth-order valence-electron chi connectivity index (χ4n) is 2.13. The van der Waals surface area contributed by atoms with Gasteiger partial charge in [0.15, 0.2) is 0 Å². The van der Waals surface area contributed by atoms with Crippen molar-refractivity contribution >= 4 is 28.9 Å². The Hall–Kier alpha value is -3.22. The highest BCUT2D eigenvalue weighted by Crippen LogP contribution is 2.26. The summed E-state index contributed by atoms with van der Waals surface area (Å²) in [6, 6.07) is 11.0. The molecular formula is C16H15N3O4. The Morgan fingerprint density at radius 3 is 2.30 bits per heavy atom. The van der Waals surface area contributed by atoms with Crippen LogP contribution in [-0.2, 0) is 4.79 Å². The molecule has 7 nitrogen and oxygen atoms in total. The summed E-state index contributed by atoms with van der Waals surface area (Å²) in [6.07, 6.45) is 0. The fourth-order valence-corrected chi connectivity index (χ4v) is 2.13. The summed E-state index contributed by atoms with van der Waals surface area (Å²) in [6.45, 7) is 2.91. The maximum absolute atomic E-state index is 12.4. The topological polar surface area (TPSA) is 101 Å². The molecule has 2 aromatic rings. The molecule has 0 aliphatic carbocycles. The van der Waals surface area contributed by atoms with Crippen LogP contribution in [0.3, 0.4) is 0 Å². The molecule has 0 atom stereocenters. The molecule has 0 saturated heterocycles. The molecule has 2 amide bonds. The number of benzene rings is 2. The highest BCUT2D eigenvalue weighted by atomic mass is 16.6. The molecule has 2 aromatic carbocycles. The average Bonchev–Trinajstić information content (AvgIpc) is 2.49. The molecule has 2 rings (SSSR count). The summed E-state index contributed by atoms with van der Waals surface area (Å²) < 4.78 is 0. The van der Waals surface area contributed by atoms with Gasteiger partial charge < -0.3 is 10.6 Å². The number of para-hydroxylation sites is 1. The summed E-state index contributed by atoms with van der Waals surface area (Å²) in [5.41, 5.74) is 1.29. The molecule has 0 fully saturated rings. The van der Waals surface area contributed by atoms with Crippen LogP contribution in [0.15, 0.2) is 42.5 Å². The van der Waals surface area contributed by atoms with Crippen LogP contribution in [-0.4, -0.2) is 16.7 Å². The third-order valence-electron chi connectivity index (χ3n) is 3.23. The number of hydrogen-bond acceptors (Lipinski definition) is 4. The van der Waals surface area contributed by atoms with Crippen molar-refractivity contribution in [1.82, 2.24) is 0 Å². The average molecular weight is 313 g/mol. The third-order valence-corrected chi connectivity index (χ3v) is 3.23. The van der Waals surface area contributed by atoms with Crippen molar-refractivity contribution in [1.29, 1.82) is 0 Å². The zero-order chi connectivity index (χ0) is 17.0. The first-order valence-electron chi connectivity index (χ1n) is 6.82. The van der Waals surface area contributed by atoms with E-state index in [4.69, 9.17) is 0 Å². The number of amides is 2. The smallest absolute Gasteiger partial charge is 0.274 e.